The predicted octanol–water partition coefficient (Wildman–Crippen LogP) is 6.94. The number of hydrogen-bond donors (Lipinski definition) is 0. The van der Waals surface area contributed by atoms with Gasteiger partial charge in [0.2, 0.25) is 0 Å². The summed E-state index contributed by atoms with van der Waals surface area (Å²) in [6.07, 6.45) is 9.10. The van der Waals surface area contributed by atoms with E-state index in [0.717, 1.165) is 30.9 Å². The Balaban J connectivity index is 0.000000181. The molecule has 0 radical (unpaired) electrons. The molecule has 0 fully saturated rings. The van der Waals surface area contributed by atoms with E-state index in [9.17, 15) is 21.6 Å². The minimum Gasteiger partial charge on any atom is -0.303 e. The first kappa shape index (κ1) is 33.1. The number of carbonyl (C=O) groups excluding carboxylic acids is 1. The summed E-state index contributed by atoms with van der Waals surface area (Å²) < 4.78 is 53.4. The van der Waals surface area contributed by atoms with Crippen molar-refractivity contribution in [2.24, 2.45) is 0 Å². The summed E-state index contributed by atoms with van der Waals surface area (Å²) in [5.74, 6) is 0. The molecule has 0 saturated carbocycles. The van der Waals surface area contributed by atoms with Crippen molar-refractivity contribution in [3.8, 4) is 0 Å². The Hall–Kier alpha value is -4.29. The third-order valence-corrected chi connectivity index (χ3v) is 11.5. The van der Waals surface area contributed by atoms with Crippen LogP contribution in [0.15, 0.2) is 108 Å². The zero-order valence-corrected chi connectivity index (χ0v) is 27.9. The van der Waals surface area contributed by atoms with Crippen LogP contribution in [0.1, 0.15) is 22.3 Å². The monoisotopic (exact) mass is 694 g/mol. The van der Waals surface area contributed by atoms with Crippen LogP contribution in [-0.4, -0.2) is 41.0 Å². The fraction of sp³-hybridized carbons (Fsp3) is 0.121. The Labute approximate surface area is 276 Å². The van der Waals surface area contributed by atoms with Gasteiger partial charge in [-0.15, -0.1) is 6.58 Å². The molecule has 0 atom stereocenters. The number of fused-ring (bicyclic) bond motifs is 2. The van der Waals surface area contributed by atoms with Crippen molar-refractivity contribution in [1.29, 1.82) is 0 Å². The van der Waals surface area contributed by atoms with Crippen molar-refractivity contribution < 1.29 is 21.6 Å². The average molecular weight is 696 g/mol. The molecule has 0 unspecified atom stereocenters. The molecular weight excluding hydrogens is 667 g/mol. The molecule has 13 heteroatoms. The number of aryl methyl sites for hydroxylation is 2. The summed E-state index contributed by atoms with van der Waals surface area (Å²) in [4.78, 5) is 19.5. The van der Waals surface area contributed by atoms with Crippen molar-refractivity contribution in [2.45, 2.75) is 36.5 Å². The molecule has 236 valence electrons. The highest BCUT2D eigenvalue weighted by molar-refractivity contribution is 7.90. The van der Waals surface area contributed by atoms with Crippen molar-refractivity contribution in [1.82, 2.24) is 17.9 Å². The van der Waals surface area contributed by atoms with E-state index < -0.39 is 20.0 Å². The number of pyridine rings is 2. The molecule has 0 amide bonds. The van der Waals surface area contributed by atoms with Crippen LogP contribution in [0.2, 0.25) is 10.0 Å². The molecule has 46 heavy (non-hydrogen) atoms. The van der Waals surface area contributed by atoms with Crippen molar-refractivity contribution in [3.05, 3.63) is 130 Å². The van der Waals surface area contributed by atoms with Crippen LogP contribution >= 0.6 is 23.2 Å². The fourth-order valence-electron chi connectivity index (χ4n) is 4.71. The number of carbonyl (C=O) groups is 1. The Morgan fingerprint density at radius 3 is 1.43 bits per heavy atom. The number of allylic oxidation sites excluding steroid dienone is 1. The number of aldehydes is 1. The lowest BCUT2D eigenvalue weighted by Crippen LogP contribution is -2.12. The standard InChI is InChI=1S/C17H15ClN2O2S.C16H13ClN2O3S/c1-3-4-13-11-19-17-15(16(13)18)9-10-20(17)23(21,22)14-7-5-12(2)6-8-14;1-11-2-4-13(5-3-11)23(21,22)19-8-6-14-15(17)12(7-9-20)10-18-16(14)19/h3,5-11H,1,4H2,2H3;2-6,8-10H,7H2,1H3. The van der Waals surface area contributed by atoms with Crippen LogP contribution in [0.3, 0.4) is 0 Å². The van der Waals surface area contributed by atoms with Crippen LogP contribution in [0.4, 0.5) is 0 Å². The highest BCUT2D eigenvalue weighted by Gasteiger charge is 2.22. The Morgan fingerprint density at radius 2 is 1.07 bits per heavy atom. The summed E-state index contributed by atoms with van der Waals surface area (Å²) in [7, 11) is -7.46. The van der Waals surface area contributed by atoms with Gasteiger partial charge in [-0.25, -0.2) is 34.7 Å². The van der Waals surface area contributed by atoms with Crippen LogP contribution in [0, 0.1) is 13.8 Å². The Morgan fingerprint density at radius 1 is 0.674 bits per heavy atom. The van der Waals surface area contributed by atoms with Crippen molar-refractivity contribution >= 4 is 71.6 Å². The molecule has 6 aromatic rings. The molecule has 2 aromatic carbocycles. The van der Waals surface area contributed by atoms with Gasteiger partial charge < -0.3 is 4.79 Å². The third kappa shape index (κ3) is 6.23. The zero-order chi connectivity index (χ0) is 33.2. The van der Waals surface area contributed by atoms with E-state index in [4.69, 9.17) is 23.2 Å². The van der Waals surface area contributed by atoms with Gasteiger partial charge in [0.05, 0.1) is 19.8 Å². The van der Waals surface area contributed by atoms with E-state index in [1.165, 1.54) is 18.6 Å². The highest BCUT2D eigenvalue weighted by Crippen LogP contribution is 2.30. The summed E-state index contributed by atoms with van der Waals surface area (Å²) >= 11 is 12.6. The molecule has 0 saturated heterocycles. The molecule has 0 aliphatic carbocycles. The van der Waals surface area contributed by atoms with E-state index in [1.54, 1.807) is 72.9 Å². The van der Waals surface area contributed by atoms with E-state index >= 15 is 0 Å². The first-order valence-corrected chi connectivity index (χ1v) is 17.5. The van der Waals surface area contributed by atoms with Gasteiger partial charge in [-0.1, -0.05) is 64.7 Å². The van der Waals surface area contributed by atoms with Gasteiger partial charge in [0.15, 0.2) is 11.3 Å². The van der Waals surface area contributed by atoms with Crippen LogP contribution in [0.5, 0.6) is 0 Å². The second-order valence-electron chi connectivity index (χ2n) is 10.4. The third-order valence-electron chi connectivity index (χ3n) is 7.20. The van der Waals surface area contributed by atoms with Gasteiger partial charge in [-0.3, -0.25) is 0 Å². The summed E-state index contributed by atoms with van der Waals surface area (Å²) in [5.41, 5.74) is 3.92. The van der Waals surface area contributed by atoms with E-state index in [-0.39, 0.29) is 21.9 Å². The van der Waals surface area contributed by atoms with Crippen molar-refractivity contribution in [2.75, 3.05) is 0 Å². The molecule has 0 spiro atoms. The van der Waals surface area contributed by atoms with Crippen LogP contribution in [0.25, 0.3) is 22.1 Å². The lowest BCUT2D eigenvalue weighted by atomic mass is 10.2. The minimum absolute atomic E-state index is 0.137. The topological polar surface area (TPSA) is 121 Å². The average Bonchev–Trinajstić information content (AvgIpc) is 3.68. The number of aromatic nitrogens is 4. The lowest BCUT2D eigenvalue weighted by Gasteiger charge is -2.08. The Bertz CT molecular complexity index is 2150. The highest BCUT2D eigenvalue weighted by atomic mass is 35.5. The maximum absolute atomic E-state index is 12.8. The molecule has 0 N–H and O–H groups in total. The van der Waals surface area contributed by atoms with Crippen molar-refractivity contribution in [3.63, 3.8) is 0 Å². The number of nitrogens with zero attached hydrogens (tertiary/aromatic N) is 4. The second-order valence-corrected chi connectivity index (χ2v) is 14.8. The molecule has 0 aliphatic heterocycles. The molecule has 0 aliphatic rings. The van der Waals surface area contributed by atoms with Gasteiger partial charge >= 0.3 is 0 Å². The Kier molecular flexibility index (Phi) is 9.50. The number of rotatable bonds is 8. The van der Waals surface area contributed by atoms with E-state index in [2.05, 4.69) is 16.5 Å². The van der Waals surface area contributed by atoms with Gasteiger partial charge in [-0.05, 0) is 67.8 Å². The number of benzene rings is 2. The fourth-order valence-corrected chi connectivity index (χ4v) is 7.86. The number of halogens is 2. The molecule has 6 rings (SSSR count). The molecule has 4 heterocycles. The minimum atomic E-state index is -3.75. The smallest absolute Gasteiger partial charge is 0.269 e. The first-order valence-electron chi connectivity index (χ1n) is 13.9. The molecule has 0 bridgehead atoms. The summed E-state index contributed by atoms with van der Waals surface area (Å²) in [6.45, 7) is 7.47. The van der Waals surface area contributed by atoms with E-state index in [0.29, 0.717) is 38.4 Å². The SMILES string of the molecule is C=CCc1cnc2c(ccn2S(=O)(=O)c2ccc(C)cc2)c1Cl.Cc1ccc(S(=O)(=O)n2ccc3c(Cl)c(CC=O)cnc32)cc1. The maximum Gasteiger partial charge on any atom is 0.269 e. The van der Waals surface area contributed by atoms with Gasteiger partial charge in [0, 0.05) is 42.0 Å². The molecular formula is C33H28Cl2N4O5S2. The van der Waals surface area contributed by atoms with E-state index in [1.807, 2.05) is 13.8 Å². The van der Waals surface area contributed by atoms with Crippen LogP contribution < -0.4 is 0 Å². The summed E-state index contributed by atoms with van der Waals surface area (Å²) in [6, 6.07) is 16.5. The maximum atomic E-state index is 12.8. The second kappa shape index (κ2) is 13.2. The largest absolute Gasteiger partial charge is 0.303 e. The lowest BCUT2D eigenvalue weighted by molar-refractivity contribution is -0.107. The summed E-state index contributed by atoms with van der Waals surface area (Å²) in [5, 5.41) is 1.97. The molecule has 9 nitrogen and oxygen atoms in total. The quantitative estimate of drug-likeness (QED) is 0.125. The number of hydrogen-bond acceptors (Lipinski definition) is 7. The normalized spacial score (nSPS) is 11.7. The van der Waals surface area contributed by atoms with Gasteiger partial charge in [0.25, 0.3) is 20.0 Å². The van der Waals surface area contributed by atoms with Gasteiger partial charge in [-0.2, -0.15) is 0 Å². The van der Waals surface area contributed by atoms with Gasteiger partial charge in [0.1, 0.15) is 6.29 Å². The predicted molar refractivity (Wildman–Crippen MR) is 181 cm³/mol. The van der Waals surface area contributed by atoms with Crippen LogP contribution in [-0.2, 0) is 37.7 Å². The zero-order valence-electron chi connectivity index (χ0n) is 24.8. The first-order chi connectivity index (χ1) is 21.9. The molecule has 4 aromatic heterocycles.